The molecule has 3 nitrogen and oxygen atoms in total. The van der Waals surface area contributed by atoms with Crippen molar-refractivity contribution in [3.8, 4) is 17.0 Å². The summed E-state index contributed by atoms with van der Waals surface area (Å²) in [6.07, 6.45) is 1.13. The van der Waals surface area contributed by atoms with E-state index >= 15 is 0 Å². The van der Waals surface area contributed by atoms with Gasteiger partial charge < -0.3 is 10.1 Å². The molecule has 0 spiro atoms. The lowest BCUT2D eigenvalue weighted by Crippen LogP contribution is -2.24. The molecule has 0 aliphatic carbocycles. The molecule has 2 rings (SSSR count). The maximum absolute atomic E-state index is 5.47. The van der Waals surface area contributed by atoms with Gasteiger partial charge in [-0.2, -0.15) is 0 Å². The summed E-state index contributed by atoms with van der Waals surface area (Å²) in [6.45, 7) is 9.41. The van der Waals surface area contributed by atoms with Crippen molar-refractivity contribution in [3.05, 3.63) is 47.2 Å². The van der Waals surface area contributed by atoms with Crippen LogP contribution in [0.25, 0.3) is 11.3 Å². The highest BCUT2D eigenvalue weighted by molar-refractivity contribution is 5.68. The first-order chi connectivity index (χ1) is 10.5. The van der Waals surface area contributed by atoms with Crippen molar-refractivity contribution >= 4 is 0 Å². The summed E-state index contributed by atoms with van der Waals surface area (Å²) in [7, 11) is 1.70. The largest absolute Gasteiger partial charge is 0.496 e. The van der Waals surface area contributed by atoms with Crippen LogP contribution in [0, 0.1) is 13.8 Å². The zero-order chi connectivity index (χ0) is 16.1. The molecular formula is C19H26N2O. The molecule has 0 fully saturated rings. The number of benzene rings is 1. The van der Waals surface area contributed by atoms with E-state index in [0.29, 0.717) is 6.04 Å². The molecule has 1 aromatic heterocycles. The second-order valence-corrected chi connectivity index (χ2v) is 5.83. The van der Waals surface area contributed by atoms with E-state index in [0.717, 1.165) is 35.7 Å². The molecule has 1 aromatic carbocycles. The molecular weight excluding hydrogens is 272 g/mol. The molecule has 0 radical (unpaired) electrons. The summed E-state index contributed by atoms with van der Waals surface area (Å²) >= 11 is 0. The Morgan fingerprint density at radius 2 is 1.95 bits per heavy atom. The van der Waals surface area contributed by atoms with Crippen LogP contribution in [0.3, 0.4) is 0 Å². The van der Waals surface area contributed by atoms with Crippen LogP contribution in [0.4, 0.5) is 0 Å². The van der Waals surface area contributed by atoms with Gasteiger partial charge in [0.25, 0.3) is 0 Å². The SMILES string of the molecule is CCC(C)NCc1ccc(-c2cc(C)ccc2OC)nc1C. The maximum Gasteiger partial charge on any atom is 0.128 e. The van der Waals surface area contributed by atoms with Crippen molar-refractivity contribution in [2.75, 3.05) is 7.11 Å². The minimum Gasteiger partial charge on any atom is -0.496 e. The number of rotatable bonds is 6. The normalized spacial score (nSPS) is 12.2. The highest BCUT2D eigenvalue weighted by Crippen LogP contribution is 2.30. The zero-order valence-corrected chi connectivity index (χ0v) is 14.2. The number of ether oxygens (including phenoxy) is 1. The standard InChI is InChI=1S/C19H26N2O/c1-6-14(3)20-12-16-8-9-18(21-15(16)4)17-11-13(2)7-10-19(17)22-5/h7-11,14,20H,6,12H2,1-5H3. The first-order valence-corrected chi connectivity index (χ1v) is 7.90. The predicted octanol–water partition coefficient (Wildman–Crippen LogP) is 4.26. The summed E-state index contributed by atoms with van der Waals surface area (Å²) in [5, 5.41) is 3.52. The van der Waals surface area contributed by atoms with Gasteiger partial charge >= 0.3 is 0 Å². The Morgan fingerprint density at radius 1 is 1.18 bits per heavy atom. The van der Waals surface area contributed by atoms with Gasteiger partial charge in [0.1, 0.15) is 5.75 Å². The lowest BCUT2D eigenvalue weighted by Gasteiger charge is -2.14. The maximum atomic E-state index is 5.47. The van der Waals surface area contributed by atoms with Crippen molar-refractivity contribution in [1.82, 2.24) is 10.3 Å². The first-order valence-electron chi connectivity index (χ1n) is 7.90. The molecule has 1 N–H and O–H groups in total. The molecule has 118 valence electrons. The lowest BCUT2D eigenvalue weighted by atomic mass is 10.0. The molecule has 22 heavy (non-hydrogen) atoms. The van der Waals surface area contributed by atoms with Gasteiger partial charge in [0.05, 0.1) is 12.8 Å². The van der Waals surface area contributed by atoms with Crippen molar-refractivity contribution < 1.29 is 4.74 Å². The minimum absolute atomic E-state index is 0.524. The number of aromatic nitrogens is 1. The third kappa shape index (κ3) is 3.86. The Labute approximate surface area is 133 Å². The van der Waals surface area contributed by atoms with Crippen LogP contribution >= 0.6 is 0 Å². The van der Waals surface area contributed by atoms with Gasteiger partial charge in [-0.3, -0.25) is 4.98 Å². The van der Waals surface area contributed by atoms with Crippen molar-refractivity contribution in [1.29, 1.82) is 0 Å². The fraction of sp³-hybridized carbons (Fsp3) is 0.421. The first kappa shape index (κ1) is 16.5. The highest BCUT2D eigenvalue weighted by atomic mass is 16.5. The van der Waals surface area contributed by atoms with Gasteiger partial charge in [0.2, 0.25) is 0 Å². The van der Waals surface area contributed by atoms with Crippen LogP contribution in [0.15, 0.2) is 30.3 Å². The van der Waals surface area contributed by atoms with Crippen LogP contribution in [-0.4, -0.2) is 18.1 Å². The Kier molecular flexibility index (Phi) is 5.56. The Bertz CT molecular complexity index is 637. The van der Waals surface area contributed by atoms with Gasteiger partial charge in [-0.25, -0.2) is 0 Å². The summed E-state index contributed by atoms with van der Waals surface area (Å²) < 4.78 is 5.47. The molecule has 1 atom stereocenters. The van der Waals surface area contributed by atoms with E-state index < -0.39 is 0 Å². The molecule has 3 heteroatoms. The number of pyridine rings is 1. The van der Waals surface area contributed by atoms with Gasteiger partial charge in [-0.1, -0.05) is 24.6 Å². The van der Waals surface area contributed by atoms with Crippen LogP contribution in [-0.2, 0) is 6.54 Å². The molecule has 1 unspecified atom stereocenters. The third-order valence-corrected chi connectivity index (χ3v) is 4.08. The molecule has 0 aliphatic rings. The van der Waals surface area contributed by atoms with Crippen molar-refractivity contribution in [3.63, 3.8) is 0 Å². The second-order valence-electron chi connectivity index (χ2n) is 5.83. The molecule has 0 bridgehead atoms. The van der Waals surface area contributed by atoms with E-state index in [-0.39, 0.29) is 0 Å². The van der Waals surface area contributed by atoms with Crippen LogP contribution < -0.4 is 10.1 Å². The van der Waals surface area contributed by atoms with Crippen LogP contribution in [0.2, 0.25) is 0 Å². The lowest BCUT2D eigenvalue weighted by molar-refractivity contribution is 0.416. The van der Waals surface area contributed by atoms with Gasteiger partial charge in [-0.05, 0) is 51.0 Å². The number of nitrogens with zero attached hydrogens (tertiary/aromatic N) is 1. The van der Waals surface area contributed by atoms with Gasteiger partial charge in [-0.15, -0.1) is 0 Å². The van der Waals surface area contributed by atoms with Gasteiger partial charge in [0.15, 0.2) is 0 Å². The Morgan fingerprint density at radius 3 is 2.59 bits per heavy atom. The van der Waals surface area contributed by atoms with E-state index in [1.807, 2.05) is 6.07 Å². The molecule has 0 saturated carbocycles. The summed E-state index contributed by atoms with van der Waals surface area (Å²) in [6, 6.07) is 10.9. The molecule has 1 heterocycles. The Hall–Kier alpha value is -1.87. The summed E-state index contributed by atoms with van der Waals surface area (Å²) in [5.41, 5.74) is 5.53. The summed E-state index contributed by atoms with van der Waals surface area (Å²) in [5.74, 6) is 0.864. The third-order valence-electron chi connectivity index (χ3n) is 4.08. The quantitative estimate of drug-likeness (QED) is 0.865. The second kappa shape index (κ2) is 7.41. The number of hydrogen-bond donors (Lipinski definition) is 1. The average molecular weight is 298 g/mol. The fourth-order valence-corrected chi connectivity index (χ4v) is 2.38. The molecule has 0 saturated heterocycles. The number of methoxy groups -OCH3 is 1. The highest BCUT2D eigenvalue weighted by Gasteiger charge is 2.10. The van der Waals surface area contributed by atoms with E-state index in [9.17, 15) is 0 Å². The summed E-state index contributed by atoms with van der Waals surface area (Å²) in [4.78, 5) is 4.78. The topological polar surface area (TPSA) is 34.1 Å². The molecule has 2 aromatic rings. The monoisotopic (exact) mass is 298 g/mol. The Balaban J connectivity index is 2.27. The van der Waals surface area contributed by atoms with E-state index in [1.165, 1.54) is 11.1 Å². The van der Waals surface area contributed by atoms with E-state index in [4.69, 9.17) is 9.72 Å². The van der Waals surface area contributed by atoms with Gasteiger partial charge in [0, 0.05) is 23.8 Å². The fourth-order valence-electron chi connectivity index (χ4n) is 2.38. The van der Waals surface area contributed by atoms with E-state index in [1.54, 1.807) is 7.11 Å². The van der Waals surface area contributed by atoms with Crippen LogP contribution in [0.5, 0.6) is 5.75 Å². The number of hydrogen-bond acceptors (Lipinski definition) is 3. The van der Waals surface area contributed by atoms with Crippen molar-refractivity contribution in [2.24, 2.45) is 0 Å². The zero-order valence-electron chi connectivity index (χ0n) is 14.2. The molecule has 0 amide bonds. The predicted molar refractivity (Wildman–Crippen MR) is 92.3 cm³/mol. The van der Waals surface area contributed by atoms with Crippen LogP contribution in [0.1, 0.15) is 37.1 Å². The minimum atomic E-state index is 0.524. The average Bonchev–Trinajstić information content (AvgIpc) is 2.53. The van der Waals surface area contributed by atoms with Crippen molar-refractivity contribution in [2.45, 2.75) is 46.7 Å². The van der Waals surface area contributed by atoms with E-state index in [2.05, 4.69) is 57.3 Å². The number of nitrogens with one attached hydrogen (secondary N) is 1. The smallest absolute Gasteiger partial charge is 0.128 e. The molecule has 0 aliphatic heterocycles. The number of aryl methyl sites for hydroxylation is 2.